The topological polar surface area (TPSA) is 61.4 Å². The van der Waals surface area contributed by atoms with Gasteiger partial charge in [0.1, 0.15) is 5.82 Å². The molecule has 6 heteroatoms. The van der Waals surface area contributed by atoms with Gasteiger partial charge in [-0.25, -0.2) is 4.39 Å². The van der Waals surface area contributed by atoms with Crippen molar-refractivity contribution in [3.8, 4) is 0 Å². The molecule has 2 N–H and O–H groups in total. The van der Waals surface area contributed by atoms with Crippen molar-refractivity contribution >= 4 is 17.5 Å². The maximum atomic E-state index is 12.8. The lowest BCUT2D eigenvalue weighted by atomic mass is 10.1. The van der Waals surface area contributed by atoms with Crippen molar-refractivity contribution in [3.63, 3.8) is 0 Å². The Morgan fingerprint density at radius 2 is 1.74 bits per heavy atom. The van der Waals surface area contributed by atoms with Gasteiger partial charge in [-0.2, -0.15) is 0 Å². The van der Waals surface area contributed by atoms with E-state index in [0.29, 0.717) is 11.1 Å². The zero-order valence-electron chi connectivity index (χ0n) is 13.0. The Balaban J connectivity index is 1.89. The monoisotopic (exact) mass is 315 g/mol. The maximum absolute atomic E-state index is 12.8. The molecular weight excluding hydrogens is 297 g/mol. The number of hydrazine groups is 1. The summed E-state index contributed by atoms with van der Waals surface area (Å²) in [5.41, 5.74) is 6.70. The predicted molar refractivity (Wildman–Crippen MR) is 86.5 cm³/mol. The number of amides is 2. The highest BCUT2D eigenvalue weighted by Gasteiger charge is 2.09. The number of hydrogen-bond donors (Lipinski definition) is 2. The van der Waals surface area contributed by atoms with E-state index in [2.05, 4.69) is 10.9 Å². The molecule has 0 radical (unpaired) electrons. The van der Waals surface area contributed by atoms with Crippen molar-refractivity contribution in [2.45, 2.75) is 6.42 Å². The first-order valence-corrected chi connectivity index (χ1v) is 7.07. The van der Waals surface area contributed by atoms with Gasteiger partial charge in [0.05, 0.1) is 6.42 Å². The molecule has 23 heavy (non-hydrogen) atoms. The molecule has 2 aromatic rings. The van der Waals surface area contributed by atoms with Crippen LogP contribution in [0.25, 0.3) is 0 Å². The van der Waals surface area contributed by atoms with E-state index in [1.54, 1.807) is 18.2 Å². The first kappa shape index (κ1) is 16.5. The van der Waals surface area contributed by atoms with E-state index < -0.39 is 5.91 Å². The van der Waals surface area contributed by atoms with Crippen LogP contribution in [0.4, 0.5) is 10.1 Å². The number of carbonyl (C=O) groups is 2. The van der Waals surface area contributed by atoms with Crippen LogP contribution in [-0.4, -0.2) is 25.9 Å². The number of benzene rings is 2. The molecule has 0 aromatic heterocycles. The smallest absolute Gasteiger partial charge is 0.269 e. The van der Waals surface area contributed by atoms with Crippen LogP contribution in [0.15, 0.2) is 48.5 Å². The molecule has 0 saturated heterocycles. The summed E-state index contributed by atoms with van der Waals surface area (Å²) in [6, 6.07) is 12.7. The normalized spacial score (nSPS) is 10.0. The van der Waals surface area contributed by atoms with Crippen LogP contribution in [-0.2, 0) is 11.2 Å². The number of halogens is 1. The molecule has 0 bridgehead atoms. The maximum Gasteiger partial charge on any atom is 0.269 e. The summed E-state index contributed by atoms with van der Waals surface area (Å²) >= 11 is 0. The third-order valence-electron chi connectivity index (χ3n) is 3.22. The minimum Gasteiger partial charge on any atom is -0.378 e. The Labute approximate surface area is 134 Å². The van der Waals surface area contributed by atoms with Crippen LogP contribution >= 0.6 is 0 Å². The van der Waals surface area contributed by atoms with Crippen LogP contribution in [0.5, 0.6) is 0 Å². The van der Waals surface area contributed by atoms with Crippen molar-refractivity contribution in [3.05, 3.63) is 65.5 Å². The molecular formula is C17H18FN3O2. The van der Waals surface area contributed by atoms with E-state index >= 15 is 0 Å². The van der Waals surface area contributed by atoms with Gasteiger partial charge in [0, 0.05) is 25.3 Å². The number of carbonyl (C=O) groups excluding carboxylic acids is 2. The summed E-state index contributed by atoms with van der Waals surface area (Å²) < 4.78 is 12.8. The lowest BCUT2D eigenvalue weighted by molar-refractivity contribution is -0.121. The van der Waals surface area contributed by atoms with E-state index in [9.17, 15) is 14.0 Å². The average molecular weight is 315 g/mol. The molecule has 0 spiro atoms. The Bertz CT molecular complexity index is 699. The SMILES string of the molecule is CN(C)c1cccc(C(=O)NNC(=O)Cc2ccc(F)cc2)c1. The van der Waals surface area contributed by atoms with Crippen LogP contribution in [0.3, 0.4) is 0 Å². The summed E-state index contributed by atoms with van der Waals surface area (Å²) in [5.74, 6) is -1.14. The van der Waals surface area contributed by atoms with Crippen LogP contribution in [0.1, 0.15) is 15.9 Å². The summed E-state index contributed by atoms with van der Waals surface area (Å²) in [5, 5.41) is 0. The summed E-state index contributed by atoms with van der Waals surface area (Å²) in [4.78, 5) is 25.7. The third-order valence-corrected chi connectivity index (χ3v) is 3.22. The molecule has 0 aliphatic carbocycles. The zero-order chi connectivity index (χ0) is 16.8. The van der Waals surface area contributed by atoms with Gasteiger partial charge in [0.15, 0.2) is 0 Å². The summed E-state index contributed by atoms with van der Waals surface area (Å²) in [6.07, 6.45) is 0.0539. The largest absolute Gasteiger partial charge is 0.378 e. The van der Waals surface area contributed by atoms with E-state index in [4.69, 9.17) is 0 Å². The van der Waals surface area contributed by atoms with E-state index in [1.807, 2.05) is 25.1 Å². The third kappa shape index (κ3) is 4.81. The molecule has 0 unspecified atom stereocenters. The van der Waals surface area contributed by atoms with Gasteiger partial charge in [0.2, 0.25) is 5.91 Å². The quantitative estimate of drug-likeness (QED) is 0.847. The van der Waals surface area contributed by atoms with Crippen molar-refractivity contribution in [2.75, 3.05) is 19.0 Å². The van der Waals surface area contributed by atoms with Crippen molar-refractivity contribution in [2.24, 2.45) is 0 Å². The highest BCUT2D eigenvalue weighted by molar-refractivity contribution is 5.96. The first-order valence-electron chi connectivity index (χ1n) is 7.07. The van der Waals surface area contributed by atoms with Crippen molar-refractivity contribution in [1.82, 2.24) is 10.9 Å². The molecule has 0 saturated carbocycles. The minimum absolute atomic E-state index is 0.0539. The highest BCUT2D eigenvalue weighted by Crippen LogP contribution is 2.13. The Kier molecular flexibility index (Phi) is 5.30. The van der Waals surface area contributed by atoms with Gasteiger partial charge in [-0.05, 0) is 35.9 Å². The van der Waals surface area contributed by atoms with Gasteiger partial charge < -0.3 is 4.90 Å². The molecule has 120 valence electrons. The van der Waals surface area contributed by atoms with Gasteiger partial charge in [-0.3, -0.25) is 20.4 Å². The van der Waals surface area contributed by atoms with Crippen molar-refractivity contribution in [1.29, 1.82) is 0 Å². The van der Waals surface area contributed by atoms with E-state index in [1.165, 1.54) is 24.3 Å². The van der Waals surface area contributed by atoms with Gasteiger partial charge in [-0.15, -0.1) is 0 Å². The second kappa shape index (κ2) is 7.40. The predicted octanol–water partition coefficient (Wildman–Crippen LogP) is 1.90. The molecule has 0 atom stereocenters. The lowest BCUT2D eigenvalue weighted by Crippen LogP contribution is -2.42. The Morgan fingerprint density at radius 3 is 2.39 bits per heavy atom. The fourth-order valence-corrected chi connectivity index (χ4v) is 1.96. The zero-order valence-corrected chi connectivity index (χ0v) is 13.0. The minimum atomic E-state index is -0.402. The molecule has 0 aliphatic heterocycles. The second-order valence-electron chi connectivity index (χ2n) is 5.25. The second-order valence-corrected chi connectivity index (χ2v) is 5.25. The lowest BCUT2D eigenvalue weighted by Gasteiger charge is -2.13. The van der Waals surface area contributed by atoms with E-state index in [-0.39, 0.29) is 18.1 Å². The molecule has 2 aromatic carbocycles. The highest BCUT2D eigenvalue weighted by atomic mass is 19.1. The molecule has 2 rings (SSSR count). The first-order chi connectivity index (χ1) is 11.0. The number of rotatable bonds is 4. The molecule has 0 aliphatic rings. The van der Waals surface area contributed by atoms with Gasteiger partial charge in [-0.1, -0.05) is 18.2 Å². The number of nitrogens with zero attached hydrogens (tertiary/aromatic N) is 1. The van der Waals surface area contributed by atoms with Crippen LogP contribution in [0.2, 0.25) is 0 Å². The Hall–Kier alpha value is -2.89. The number of hydrogen-bond acceptors (Lipinski definition) is 3. The van der Waals surface area contributed by atoms with Crippen LogP contribution in [0, 0.1) is 5.82 Å². The average Bonchev–Trinajstić information content (AvgIpc) is 2.55. The molecule has 0 heterocycles. The van der Waals surface area contributed by atoms with Crippen molar-refractivity contribution < 1.29 is 14.0 Å². The number of nitrogens with one attached hydrogen (secondary N) is 2. The fraction of sp³-hybridized carbons (Fsp3) is 0.176. The Morgan fingerprint density at radius 1 is 1.04 bits per heavy atom. The fourth-order valence-electron chi connectivity index (χ4n) is 1.96. The van der Waals surface area contributed by atoms with Gasteiger partial charge >= 0.3 is 0 Å². The molecule has 5 nitrogen and oxygen atoms in total. The number of anilines is 1. The van der Waals surface area contributed by atoms with E-state index in [0.717, 1.165) is 5.69 Å². The summed E-state index contributed by atoms with van der Waals surface area (Å²) in [6.45, 7) is 0. The van der Waals surface area contributed by atoms with Gasteiger partial charge in [0.25, 0.3) is 5.91 Å². The standard InChI is InChI=1S/C17H18FN3O2/c1-21(2)15-5-3-4-13(11-15)17(23)20-19-16(22)10-12-6-8-14(18)9-7-12/h3-9,11H,10H2,1-2H3,(H,19,22)(H,20,23). The van der Waals surface area contributed by atoms with Crippen LogP contribution < -0.4 is 15.8 Å². The molecule has 2 amide bonds. The molecule has 0 fully saturated rings. The summed E-state index contributed by atoms with van der Waals surface area (Å²) in [7, 11) is 3.75.